The number of hydrogen-bond donors (Lipinski definition) is 1. The summed E-state index contributed by atoms with van der Waals surface area (Å²) in [6.07, 6.45) is 0. The van der Waals surface area contributed by atoms with Gasteiger partial charge in [0.2, 0.25) is 0 Å². The molecule has 0 bridgehead atoms. The van der Waals surface area contributed by atoms with Crippen LogP contribution in [0, 0.1) is 3.57 Å². The minimum Gasteiger partial charge on any atom is -0.494 e. The molecule has 0 fully saturated rings. The van der Waals surface area contributed by atoms with E-state index in [1.54, 1.807) is 6.07 Å². The van der Waals surface area contributed by atoms with E-state index in [4.69, 9.17) is 9.84 Å². The van der Waals surface area contributed by atoms with Gasteiger partial charge in [0.1, 0.15) is 5.75 Å². The third-order valence-electron chi connectivity index (χ3n) is 1.48. The lowest BCUT2D eigenvalue weighted by atomic mass is 10.2. The van der Waals surface area contributed by atoms with E-state index in [-0.39, 0.29) is 5.56 Å². The molecule has 3 nitrogen and oxygen atoms in total. The molecule has 0 unspecified atom stereocenters. The third-order valence-corrected chi connectivity index (χ3v) is 3.18. The quantitative estimate of drug-likeness (QED) is 0.829. The van der Waals surface area contributed by atoms with Gasteiger partial charge in [-0.05, 0) is 50.7 Å². The summed E-state index contributed by atoms with van der Waals surface area (Å²) in [5.41, 5.74) is 0.251. The molecule has 1 aromatic rings. The van der Waals surface area contributed by atoms with Crippen LogP contribution in [0.15, 0.2) is 16.6 Å². The van der Waals surface area contributed by atoms with Crippen LogP contribution < -0.4 is 4.74 Å². The molecule has 1 N–H and O–H groups in total. The summed E-state index contributed by atoms with van der Waals surface area (Å²) in [7, 11) is 1.51. The molecule has 5 heteroatoms. The number of rotatable bonds is 2. The normalized spacial score (nSPS) is 9.77. The van der Waals surface area contributed by atoms with Crippen molar-refractivity contribution in [2.45, 2.75) is 0 Å². The summed E-state index contributed by atoms with van der Waals surface area (Å²) >= 11 is 5.21. The maximum Gasteiger partial charge on any atom is 0.336 e. The van der Waals surface area contributed by atoms with Gasteiger partial charge in [-0.3, -0.25) is 0 Å². The Morgan fingerprint density at radius 2 is 2.23 bits per heavy atom. The second-order valence-electron chi connectivity index (χ2n) is 2.25. The van der Waals surface area contributed by atoms with Crippen LogP contribution >= 0.6 is 38.5 Å². The first kappa shape index (κ1) is 10.8. The Bertz CT molecular complexity index is 351. The van der Waals surface area contributed by atoms with E-state index < -0.39 is 5.97 Å². The number of ether oxygens (including phenoxy) is 1. The highest BCUT2D eigenvalue weighted by molar-refractivity contribution is 14.1. The first-order valence-corrected chi connectivity index (χ1v) is 5.20. The molecule has 0 radical (unpaired) electrons. The van der Waals surface area contributed by atoms with Crippen LogP contribution in [-0.2, 0) is 0 Å². The Hall–Kier alpha value is -0.300. The standard InChI is InChI=1S/C8H6BrIO3/c1-13-7-5(9)3-2-4(6(7)10)8(11)12/h2-3H,1H3,(H,11,12). The molecular formula is C8H6BrIO3. The summed E-state index contributed by atoms with van der Waals surface area (Å²) in [4.78, 5) is 10.7. The second kappa shape index (κ2) is 4.28. The molecule has 0 atom stereocenters. The molecule has 0 saturated heterocycles. The number of carboxylic acids is 1. The molecule has 0 aliphatic rings. The molecule has 0 aliphatic heterocycles. The molecule has 1 aromatic carbocycles. The van der Waals surface area contributed by atoms with Gasteiger partial charge in [0.15, 0.2) is 0 Å². The number of methoxy groups -OCH3 is 1. The topological polar surface area (TPSA) is 46.5 Å². The lowest BCUT2D eigenvalue weighted by Crippen LogP contribution is -2.01. The minimum absolute atomic E-state index is 0.251. The Morgan fingerprint density at radius 3 is 2.69 bits per heavy atom. The minimum atomic E-state index is -0.949. The van der Waals surface area contributed by atoms with E-state index in [1.165, 1.54) is 13.2 Å². The monoisotopic (exact) mass is 356 g/mol. The molecule has 1 rings (SSSR count). The Labute approximate surface area is 97.4 Å². The SMILES string of the molecule is COc1c(Br)ccc(C(=O)O)c1I. The van der Waals surface area contributed by atoms with E-state index in [1.807, 2.05) is 22.6 Å². The molecule has 0 saturated carbocycles. The first-order valence-electron chi connectivity index (χ1n) is 3.33. The summed E-state index contributed by atoms with van der Waals surface area (Å²) in [6.45, 7) is 0. The summed E-state index contributed by atoms with van der Waals surface area (Å²) in [6, 6.07) is 3.20. The average Bonchev–Trinajstić information content (AvgIpc) is 2.04. The fourth-order valence-corrected chi connectivity index (χ4v) is 2.67. The van der Waals surface area contributed by atoms with Crippen molar-refractivity contribution in [3.63, 3.8) is 0 Å². The lowest BCUT2D eigenvalue weighted by Gasteiger charge is -2.07. The van der Waals surface area contributed by atoms with E-state index in [0.717, 1.165) is 4.47 Å². The zero-order chi connectivity index (χ0) is 10.0. The molecular weight excluding hydrogens is 351 g/mol. The molecule has 0 heterocycles. The van der Waals surface area contributed by atoms with Gasteiger partial charge < -0.3 is 9.84 Å². The summed E-state index contributed by atoms with van der Waals surface area (Å²) in [5.74, 6) is -0.393. The van der Waals surface area contributed by atoms with Gasteiger partial charge in [0.05, 0.1) is 20.7 Å². The van der Waals surface area contributed by atoms with Gasteiger partial charge in [0, 0.05) is 0 Å². The van der Waals surface area contributed by atoms with Crippen LogP contribution in [-0.4, -0.2) is 18.2 Å². The van der Waals surface area contributed by atoms with Crippen molar-refractivity contribution in [1.82, 2.24) is 0 Å². The molecule has 13 heavy (non-hydrogen) atoms. The number of benzene rings is 1. The van der Waals surface area contributed by atoms with Crippen LogP contribution in [0.5, 0.6) is 5.75 Å². The van der Waals surface area contributed by atoms with Crippen LogP contribution in [0.4, 0.5) is 0 Å². The molecule has 0 aromatic heterocycles. The van der Waals surface area contributed by atoms with Gasteiger partial charge in [-0.2, -0.15) is 0 Å². The summed E-state index contributed by atoms with van der Waals surface area (Å²) in [5, 5.41) is 8.80. The smallest absolute Gasteiger partial charge is 0.336 e. The van der Waals surface area contributed by atoms with Gasteiger partial charge in [-0.15, -0.1) is 0 Å². The van der Waals surface area contributed by atoms with Gasteiger partial charge in [-0.1, -0.05) is 0 Å². The fourth-order valence-electron chi connectivity index (χ4n) is 0.885. The maximum absolute atomic E-state index is 10.7. The van der Waals surface area contributed by atoms with Crippen LogP contribution in [0.25, 0.3) is 0 Å². The molecule has 0 amide bonds. The Morgan fingerprint density at radius 1 is 1.62 bits per heavy atom. The van der Waals surface area contributed by atoms with Crippen molar-refractivity contribution >= 4 is 44.5 Å². The largest absolute Gasteiger partial charge is 0.494 e. The van der Waals surface area contributed by atoms with Crippen LogP contribution in [0.3, 0.4) is 0 Å². The van der Waals surface area contributed by atoms with Crippen molar-refractivity contribution < 1.29 is 14.6 Å². The van der Waals surface area contributed by atoms with Gasteiger partial charge >= 0.3 is 5.97 Å². The number of halogens is 2. The highest BCUT2D eigenvalue weighted by Gasteiger charge is 2.14. The second-order valence-corrected chi connectivity index (χ2v) is 4.18. The van der Waals surface area contributed by atoms with E-state index >= 15 is 0 Å². The first-order chi connectivity index (χ1) is 6.07. The predicted molar refractivity (Wildman–Crippen MR) is 60.4 cm³/mol. The number of carboxylic acid groups (broad SMARTS) is 1. The predicted octanol–water partition coefficient (Wildman–Crippen LogP) is 2.76. The lowest BCUT2D eigenvalue weighted by molar-refractivity contribution is 0.0695. The van der Waals surface area contributed by atoms with Crippen molar-refractivity contribution in [1.29, 1.82) is 0 Å². The maximum atomic E-state index is 10.7. The number of carbonyl (C=O) groups is 1. The zero-order valence-electron chi connectivity index (χ0n) is 6.67. The van der Waals surface area contributed by atoms with Crippen molar-refractivity contribution in [2.75, 3.05) is 7.11 Å². The number of hydrogen-bond acceptors (Lipinski definition) is 2. The van der Waals surface area contributed by atoms with E-state index in [0.29, 0.717) is 9.32 Å². The third kappa shape index (κ3) is 2.14. The highest BCUT2D eigenvalue weighted by Crippen LogP contribution is 2.32. The summed E-state index contributed by atoms with van der Waals surface area (Å²) < 4.78 is 6.40. The fraction of sp³-hybridized carbons (Fsp3) is 0.125. The Balaban J connectivity index is 3.35. The van der Waals surface area contributed by atoms with Crippen LogP contribution in [0.2, 0.25) is 0 Å². The highest BCUT2D eigenvalue weighted by atomic mass is 127. The van der Waals surface area contributed by atoms with Crippen molar-refractivity contribution in [3.8, 4) is 5.75 Å². The van der Waals surface area contributed by atoms with Gasteiger partial charge in [0.25, 0.3) is 0 Å². The van der Waals surface area contributed by atoms with Gasteiger partial charge in [-0.25, -0.2) is 4.79 Å². The average molecular weight is 357 g/mol. The van der Waals surface area contributed by atoms with E-state index in [9.17, 15) is 4.79 Å². The molecule has 0 aliphatic carbocycles. The van der Waals surface area contributed by atoms with E-state index in [2.05, 4.69) is 15.9 Å². The zero-order valence-corrected chi connectivity index (χ0v) is 10.4. The molecule has 70 valence electrons. The molecule has 0 spiro atoms. The van der Waals surface area contributed by atoms with Crippen molar-refractivity contribution in [2.24, 2.45) is 0 Å². The van der Waals surface area contributed by atoms with Crippen LogP contribution in [0.1, 0.15) is 10.4 Å². The number of aromatic carboxylic acids is 1. The van der Waals surface area contributed by atoms with Crippen molar-refractivity contribution in [3.05, 3.63) is 25.7 Å². The Kier molecular flexibility index (Phi) is 3.55.